The number of pyridine rings is 1. The first-order valence-electron chi connectivity index (χ1n) is 5.91. The number of hydrogen-bond acceptors (Lipinski definition) is 2. The molecule has 0 aromatic carbocycles. The quantitative estimate of drug-likeness (QED) is 0.835. The average Bonchev–Trinajstić information content (AvgIpc) is 2.30. The molecule has 1 aromatic heterocycles. The van der Waals surface area contributed by atoms with Crippen molar-refractivity contribution in [2.45, 2.75) is 45.1 Å². The maximum atomic E-state index is 13.5. The first-order chi connectivity index (χ1) is 7.63. The van der Waals surface area contributed by atoms with Crippen LogP contribution < -0.4 is 0 Å². The van der Waals surface area contributed by atoms with Crippen LogP contribution in [0.1, 0.15) is 50.7 Å². The van der Waals surface area contributed by atoms with Crippen molar-refractivity contribution in [3.05, 3.63) is 29.8 Å². The molecule has 0 bridgehead atoms. The molecule has 1 aromatic rings. The molecule has 0 spiro atoms. The molecule has 2 rings (SSSR count). The first-order valence-corrected chi connectivity index (χ1v) is 5.91. The molecule has 0 radical (unpaired) electrons. The highest BCUT2D eigenvalue weighted by molar-refractivity contribution is 5.18. The van der Waals surface area contributed by atoms with Crippen LogP contribution in [0.15, 0.2) is 18.5 Å². The molecule has 1 N–H and O–H groups in total. The van der Waals surface area contributed by atoms with E-state index in [4.69, 9.17) is 0 Å². The standard InChI is InChI=1S/C13H18FNO/c1-13(6-3-2-4-7-13)12(16)10-5-8-15-9-11(10)14/h5,8-9,12,16H,2-4,6-7H2,1H3. The molecule has 0 amide bonds. The Morgan fingerprint density at radius 3 is 2.69 bits per heavy atom. The van der Waals surface area contributed by atoms with Gasteiger partial charge in [0.15, 0.2) is 0 Å². The molecule has 1 atom stereocenters. The molecular formula is C13H18FNO. The molecule has 1 aliphatic carbocycles. The fourth-order valence-corrected chi connectivity index (χ4v) is 2.62. The zero-order valence-electron chi connectivity index (χ0n) is 9.62. The lowest BCUT2D eigenvalue weighted by molar-refractivity contribution is 0.00577. The van der Waals surface area contributed by atoms with E-state index in [-0.39, 0.29) is 5.41 Å². The van der Waals surface area contributed by atoms with Gasteiger partial charge in [0, 0.05) is 11.8 Å². The van der Waals surface area contributed by atoms with Gasteiger partial charge < -0.3 is 5.11 Å². The summed E-state index contributed by atoms with van der Waals surface area (Å²) in [7, 11) is 0. The van der Waals surface area contributed by atoms with Crippen molar-refractivity contribution in [2.75, 3.05) is 0 Å². The normalized spacial score (nSPS) is 21.7. The Hall–Kier alpha value is -0.960. The number of aliphatic hydroxyl groups is 1. The van der Waals surface area contributed by atoms with Crippen LogP contribution in [-0.4, -0.2) is 10.1 Å². The lowest BCUT2D eigenvalue weighted by Crippen LogP contribution is -2.28. The molecule has 2 nitrogen and oxygen atoms in total. The third-order valence-corrected chi connectivity index (χ3v) is 3.75. The zero-order chi connectivity index (χ0) is 11.6. The van der Waals surface area contributed by atoms with Gasteiger partial charge in [0.05, 0.1) is 12.3 Å². The Morgan fingerprint density at radius 2 is 2.06 bits per heavy atom. The minimum atomic E-state index is -0.712. The van der Waals surface area contributed by atoms with Gasteiger partial charge in [0.1, 0.15) is 5.82 Å². The van der Waals surface area contributed by atoms with Crippen LogP contribution in [0.3, 0.4) is 0 Å². The lowest BCUT2D eigenvalue weighted by atomic mass is 9.70. The highest BCUT2D eigenvalue weighted by Crippen LogP contribution is 2.45. The lowest BCUT2D eigenvalue weighted by Gasteiger charge is -2.38. The number of aromatic nitrogens is 1. The van der Waals surface area contributed by atoms with E-state index < -0.39 is 11.9 Å². The molecule has 0 saturated heterocycles. The van der Waals surface area contributed by atoms with E-state index in [1.807, 2.05) is 0 Å². The van der Waals surface area contributed by atoms with Crippen molar-refractivity contribution in [1.29, 1.82) is 0 Å². The van der Waals surface area contributed by atoms with Crippen LogP contribution in [0.25, 0.3) is 0 Å². The van der Waals surface area contributed by atoms with E-state index in [0.29, 0.717) is 5.56 Å². The van der Waals surface area contributed by atoms with E-state index in [1.165, 1.54) is 18.8 Å². The van der Waals surface area contributed by atoms with Crippen molar-refractivity contribution in [3.8, 4) is 0 Å². The van der Waals surface area contributed by atoms with Crippen LogP contribution in [-0.2, 0) is 0 Å². The molecule has 3 heteroatoms. The minimum absolute atomic E-state index is 0.180. The van der Waals surface area contributed by atoms with Crippen molar-refractivity contribution < 1.29 is 9.50 Å². The highest BCUT2D eigenvalue weighted by atomic mass is 19.1. The number of halogens is 1. The highest BCUT2D eigenvalue weighted by Gasteiger charge is 2.36. The Morgan fingerprint density at radius 1 is 1.38 bits per heavy atom. The van der Waals surface area contributed by atoms with E-state index in [1.54, 1.807) is 6.07 Å². The summed E-state index contributed by atoms with van der Waals surface area (Å²) in [6.07, 6.45) is 7.40. The van der Waals surface area contributed by atoms with Crippen LogP contribution in [0.2, 0.25) is 0 Å². The third-order valence-electron chi connectivity index (χ3n) is 3.75. The predicted octanol–water partition coefficient (Wildman–Crippen LogP) is 3.22. The van der Waals surface area contributed by atoms with E-state index in [9.17, 15) is 9.50 Å². The summed E-state index contributed by atoms with van der Waals surface area (Å²) in [5.74, 6) is -0.401. The fourth-order valence-electron chi connectivity index (χ4n) is 2.62. The summed E-state index contributed by atoms with van der Waals surface area (Å²) in [6, 6.07) is 1.58. The van der Waals surface area contributed by atoms with Crippen LogP contribution in [0, 0.1) is 11.2 Å². The number of nitrogens with zero attached hydrogens (tertiary/aromatic N) is 1. The molecular weight excluding hydrogens is 205 g/mol. The average molecular weight is 223 g/mol. The largest absolute Gasteiger partial charge is 0.388 e. The summed E-state index contributed by atoms with van der Waals surface area (Å²) >= 11 is 0. The second-order valence-electron chi connectivity index (χ2n) is 5.01. The van der Waals surface area contributed by atoms with Crippen LogP contribution >= 0.6 is 0 Å². The number of aliphatic hydroxyl groups excluding tert-OH is 1. The summed E-state index contributed by atoms with van der Waals surface area (Å²) < 4.78 is 13.5. The molecule has 16 heavy (non-hydrogen) atoms. The Balaban J connectivity index is 2.24. The van der Waals surface area contributed by atoms with Gasteiger partial charge in [-0.2, -0.15) is 0 Å². The van der Waals surface area contributed by atoms with E-state index in [2.05, 4.69) is 11.9 Å². The van der Waals surface area contributed by atoms with Crippen molar-refractivity contribution in [3.63, 3.8) is 0 Å². The van der Waals surface area contributed by atoms with Gasteiger partial charge >= 0.3 is 0 Å². The molecule has 1 saturated carbocycles. The fraction of sp³-hybridized carbons (Fsp3) is 0.615. The number of hydrogen-bond donors (Lipinski definition) is 1. The SMILES string of the molecule is CC1(C(O)c2ccncc2F)CCCCC1. The van der Waals surface area contributed by atoms with Gasteiger partial charge in [-0.15, -0.1) is 0 Å². The maximum absolute atomic E-state index is 13.5. The Bertz CT molecular complexity index is 361. The monoisotopic (exact) mass is 223 g/mol. The Labute approximate surface area is 95.5 Å². The van der Waals surface area contributed by atoms with Gasteiger partial charge in [-0.25, -0.2) is 4.39 Å². The molecule has 88 valence electrons. The smallest absolute Gasteiger partial charge is 0.147 e. The molecule has 0 aliphatic heterocycles. The second-order valence-corrected chi connectivity index (χ2v) is 5.01. The minimum Gasteiger partial charge on any atom is -0.388 e. The summed E-state index contributed by atoms with van der Waals surface area (Å²) in [6.45, 7) is 2.05. The second kappa shape index (κ2) is 4.50. The Kier molecular flexibility index (Phi) is 3.24. The van der Waals surface area contributed by atoms with E-state index >= 15 is 0 Å². The molecule has 1 heterocycles. The van der Waals surface area contributed by atoms with Gasteiger partial charge in [-0.3, -0.25) is 4.98 Å². The first kappa shape index (κ1) is 11.5. The van der Waals surface area contributed by atoms with Crippen LogP contribution in [0.4, 0.5) is 4.39 Å². The summed E-state index contributed by atoms with van der Waals surface area (Å²) in [5.41, 5.74) is 0.208. The maximum Gasteiger partial charge on any atom is 0.147 e. The number of rotatable bonds is 2. The van der Waals surface area contributed by atoms with Crippen LogP contribution in [0.5, 0.6) is 0 Å². The van der Waals surface area contributed by atoms with Gasteiger partial charge in [-0.1, -0.05) is 26.2 Å². The third kappa shape index (κ3) is 2.09. The summed E-state index contributed by atoms with van der Waals surface area (Å²) in [4.78, 5) is 3.71. The van der Waals surface area contributed by atoms with Gasteiger partial charge in [0.25, 0.3) is 0 Å². The molecule has 1 fully saturated rings. The van der Waals surface area contributed by atoms with E-state index in [0.717, 1.165) is 25.7 Å². The van der Waals surface area contributed by atoms with Gasteiger partial charge in [-0.05, 0) is 24.3 Å². The summed E-state index contributed by atoms with van der Waals surface area (Å²) in [5, 5.41) is 10.3. The topological polar surface area (TPSA) is 33.1 Å². The zero-order valence-corrected chi connectivity index (χ0v) is 9.62. The van der Waals surface area contributed by atoms with Crippen molar-refractivity contribution in [2.24, 2.45) is 5.41 Å². The van der Waals surface area contributed by atoms with Crippen molar-refractivity contribution in [1.82, 2.24) is 4.98 Å². The molecule has 1 unspecified atom stereocenters. The van der Waals surface area contributed by atoms with Crippen molar-refractivity contribution >= 4 is 0 Å². The predicted molar refractivity (Wildman–Crippen MR) is 60.3 cm³/mol. The van der Waals surface area contributed by atoms with Gasteiger partial charge in [0.2, 0.25) is 0 Å². The molecule has 1 aliphatic rings.